The molecule has 0 radical (unpaired) electrons. The first-order chi connectivity index (χ1) is 11.1. The SMILES string of the molecule is O=C(c1ccc(O)cc1)c1sc2cc(O)ccc2c1C1=CC=C1. The van der Waals surface area contributed by atoms with Crippen LogP contribution in [0.2, 0.25) is 0 Å². The number of aromatic hydroxyl groups is 2. The van der Waals surface area contributed by atoms with Crippen molar-refractivity contribution in [3.8, 4) is 11.5 Å². The topological polar surface area (TPSA) is 57.5 Å². The molecule has 1 aromatic heterocycles. The summed E-state index contributed by atoms with van der Waals surface area (Å²) in [5.74, 6) is 0.238. The van der Waals surface area contributed by atoms with E-state index in [0.717, 1.165) is 21.2 Å². The zero-order valence-electron chi connectivity index (χ0n) is 12.0. The molecule has 112 valence electrons. The molecule has 1 aliphatic carbocycles. The van der Waals surface area contributed by atoms with Crippen LogP contribution in [0.3, 0.4) is 0 Å². The quantitative estimate of drug-likeness (QED) is 0.699. The molecule has 3 aromatic rings. The average molecular weight is 320 g/mol. The van der Waals surface area contributed by atoms with Gasteiger partial charge in [-0.2, -0.15) is 0 Å². The number of fused-ring (bicyclic) bond motifs is 1. The summed E-state index contributed by atoms with van der Waals surface area (Å²) in [6.45, 7) is 0. The van der Waals surface area contributed by atoms with Crippen LogP contribution in [-0.4, -0.2) is 16.0 Å². The first-order valence-electron chi connectivity index (χ1n) is 7.11. The molecule has 2 aromatic carbocycles. The van der Waals surface area contributed by atoms with Crippen molar-refractivity contribution in [2.45, 2.75) is 0 Å². The smallest absolute Gasteiger partial charge is 0.203 e. The summed E-state index contributed by atoms with van der Waals surface area (Å²) in [6.07, 6.45) is 5.89. The number of phenolic OH excluding ortho intramolecular Hbond substituents is 2. The first-order valence-corrected chi connectivity index (χ1v) is 7.93. The highest BCUT2D eigenvalue weighted by Gasteiger charge is 2.22. The zero-order chi connectivity index (χ0) is 16.0. The molecule has 1 aliphatic rings. The number of hydrogen-bond acceptors (Lipinski definition) is 4. The molecule has 0 amide bonds. The second-order valence-electron chi connectivity index (χ2n) is 5.34. The van der Waals surface area contributed by atoms with Gasteiger partial charge in [0.15, 0.2) is 0 Å². The Hall–Kier alpha value is -2.85. The summed E-state index contributed by atoms with van der Waals surface area (Å²) in [5.41, 5.74) is 2.46. The van der Waals surface area contributed by atoms with Gasteiger partial charge in [-0.1, -0.05) is 18.2 Å². The Morgan fingerprint density at radius 2 is 1.65 bits per heavy atom. The number of carbonyl (C=O) groups excluding carboxylic acids is 1. The van der Waals surface area contributed by atoms with Crippen LogP contribution >= 0.6 is 11.3 Å². The fourth-order valence-electron chi connectivity index (χ4n) is 2.63. The van der Waals surface area contributed by atoms with E-state index >= 15 is 0 Å². The molecule has 23 heavy (non-hydrogen) atoms. The maximum absolute atomic E-state index is 12.9. The van der Waals surface area contributed by atoms with Crippen molar-refractivity contribution in [1.82, 2.24) is 0 Å². The van der Waals surface area contributed by atoms with Gasteiger partial charge in [-0.05, 0) is 48.0 Å². The molecular weight excluding hydrogens is 308 g/mol. The van der Waals surface area contributed by atoms with Crippen LogP contribution < -0.4 is 0 Å². The Labute approximate surface area is 136 Å². The van der Waals surface area contributed by atoms with Gasteiger partial charge in [0.05, 0.1) is 4.88 Å². The van der Waals surface area contributed by atoms with Crippen LogP contribution in [0.5, 0.6) is 11.5 Å². The Kier molecular flexibility index (Phi) is 3.06. The first kappa shape index (κ1) is 13.8. The van der Waals surface area contributed by atoms with Crippen LogP contribution in [0.25, 0.3) is 15.7 Å². The van der Waals surface area contributed by atoms with Crippen molar-refractivity contribution in [2.24, 2.45) is 0 Å². The molecule has 0 bridgehead atoms. The highest BCUT2D eigenvalue weighted by atomic mass is 32.1. The predicted molar refractivity (Wildman–Crippen MR) is 92.1 cm³/mol. The molecule has 4 heteroatoms. The molecule has 0 spiro atoms. The van der Waals surface area contributed by atoms with Gasteiger partial charge in [-0.25, -0.2) is 0 Å². The molecule has 0 saturated carbocycles. The molecule has 0 unspecified atom stereocenters. The molecule has 0 saturated heterocycles. The number of benzene rings is 2. The number of phenols is 2. The number of thiophene rings is 1. The van der Waals surface area contributed by atoms with Gasteiger partial charge in [-0.3, -0.25) is 4.79 Å². The van der Waals surface area contributed by atoms with Gasteiger partial charge in [0.1, 0.15) is 11.5 Å². The average Bonchev–Trinajstić information content (AvgIpc) is 2.84. The number of ketones is 1. The molecule has 0 aliphatic heterocycles. The Bertz CT molecular complexity index is 991. The van der Waals surface area contributed by atoms with Crippen molar-refractivity contribution >= 4 is 32.8 Å². The van der Waals surface area contributed by atoms with E-state index in [4.69, 9.17) is 0 Å². The highest BCUT2D eigenvalue weighted by molar-refractivity contribution is 7.21. The fraction of sp³-hybridized carbons (Fsp3) is 0. The van der Waals surface area contributed by atoms with Crippen LogP contribution in [0.4, 0.5) is 0 Å². The van der Waals surface area contributed by atoms with Crippen molar-refractivity contribution in [2.75, 3.05) is 0 Å². The normalized spacial score (nSPS) is 13.0. The lowest BCUT2D eigenvalue weighted by atomic mass is 9.94. The van der Waals surface area contributed by atoms with Gasteiger partial charge >= 0.3 is 0 Å². The highest BCUT2D eigenvalue weighted by Crippen LogP contribution is 2.40. The number of allylic oxidation sites excluding steroid dienone is 4. The maximum atomic E-state index is 12.9. The van der Waals surface area contributed by atoms with Gasteiger partial charge in [0.2, 0.25) is 5.78 Å². The van der Waals surface area contributed by atoms with Crippen molar-refractivity contribution in [3.05, 3.63) is 76.7 Å². The van der Waals surface area contributed by atoms with Crippen molar-refractivity contribution < 1.29 is 15.0 Å². The van der Waals surface area contributed by atoms with E-state index in [0.29, 0.717) is 10.4 Å². The fourth-order valence-corrected chi connectivity index (χ4v) is 3.85. The standard InChI is InChI=1S/C19H12O3S/c20-13-6-4-12(5-7-13)18(22)19-17(11-2-1-3-11)15-9-8-14(21)10-16(15)23-19/h1-10,20-21H. The minimum atomic E-state index is -0.0816. The predicted octanol–water partition coefficient (Wildman–Crippen LogP) is 4.50. The maximum Gasteiger partial charge on any atom is 0.203 e. The lowest BCUT2D eigenvalue weighted by Crippen LogP contribution is -2.02. The Morgan fingerprint density at radius 3 is 2.30 bits per heavy atom. The third-order valence-electron chi connectivity index (χ3n) is 3.85. The van der Waals surface area contributed by atoms with Gasteiger partial charge in [0, 0.05) is 21.2 Å². The Balaban J connectivity index is 1.91. The van der Waals surface area contributed by atoms with E-state index in [-0.39, 0.29) is 17.3 Å². The van der Waals surface area contributed by atoms with E-state index in [1.807, 2.05) is 24.3 Å². The largest absolute Gasteiger partial charge is 0.508 e. The molecule has 1 heterocycles. The molecule has 0 fully saturated rings. The number of hydrogen-bond donors (Lipinski definition) is 2. The second kappa shape index (κ2) is 5.11. The second-order valence-corrected chi connectivity index (χ2v) is 6.40. The minimum Gasteiger partial charge on any atom is -0.508 e. The minimum absolute atomic E-state index is 0.0816. The zero-order valence-corrected chi connectivity index (χ0v) is 12.8. The molecule has 3 nitrogen and oxygen atoms in total. The lowest BCUT2D eigenvalue weighted by molar-refractivity contribution is 0.104. The van der Waals surface area contributed by atoms with Gasteiger partial charge in [-0.15, -0.1) is 11.3 Å². The summed E-state index contributed by atoms with van der Waals surface area (Å²) < 4.78 is 0.878. The summed E-state index contributed by atoms with van der Waals surface area (Å²) in [7, 11) is 0. The van der Waals surface area contributed by atoms with E-state index in [2.05, 4.69) is 0 Å². The monoisotopic (exact) mass is 320 g/mol. The van der Waals surface area contributed by atoms with Crippen molar-refractivity contribution in [3.63, 3.8) is 0 Å². The van der Waals surface area contributed by atoms with E-state index in [9.17, 15) is 15.0 Å². The van der Waals surface area contributed by atoms with E-state index in [1.165, 1.54) is 23.5 Å². The van der Waals surface area contributed by atoms with Gasteiger partial charge in [0.25, 0.3) is 0 Å². The number of carbonyl (C=O) groups is 1. The van der Waals surface area contributed by atoms with E-state index in [1.54, 1.807) is 24.3 Å². The van der Waals surface area contributed by atoms with Gasteiger partial charge < -0.3 is 10.2 Å². The molecule has 4 rings (SSSR count). The van der Waals surface area contributed by atoms with Crippen molar-refractivity contribution in [1.29, 1.82) is 0 Å². The number of rotatable bonds is 3. The lowest BCUT2D eigenvalue weighted by Gasteiger charge is -2.09. The third kappa shape index (κ3) is 2.24. The molecule has 0 atom stereocenters. The summed E-state index contributed by atoms with van der Waals surface area (Å²) in [4.78, 5) is 13.5. The third-order valence-corrected chi connectivity index (χ3v) is 5.00. The summed E-state index contributed by atoms with van der Waals surface area (Å²) in [6, 6.07) is 11.4. The summed E-state index contributed by atoms with van der Waals surface area (Å²) >= 11 is 1.38. The molecule has 2 N–H and O–H groups in total. The van der Waals surface area contributed by atoms with Crippen LogP contribution in [0.15, 0.2) is 60.7 Å². The van der Waals surface area contributed by atoms with Crippen LogP contribution in [0, 0.1) is 0 Å². The molecular formula is C19H12O3S. The Morgan fingerprint density at radius 1 is 0.957 bits per heavy atom. The summed E-state index contributed by atoms with van der Waals surface area (Å²) in [5, 5.41) is 20.0. The van der Waals surface area contributed by atoms with Crippen LogP contribution in [-0.2, 0) is 0 Å². The van der Waals surface area contributed by atoms with Crippen LogP contribution in [0.1, 0.15) is 20.8 Å². The van der Waals surface area contributed by atoms with E-state index < -0.39 is 0 Å².